The fourth-order valence-electron chi connectivity index (χ4n) is 2.06. The molecule has 1 amide bonds. The lowest BCUT2D eigenvalue weighted by molar-refractivity contribution is -0.0759. The van der Waals surface area contributed by atoms with Gasteiger partial charge in [-0.2, -0.15) is 9.78 Å². The number of nitrogens with zero attached hydrogens (tertiary/aromatic N) is 3. The monoisotopic (exact) mass is 335 g/mol. The maximum absolute atomic E-state index is 12.4. The molecule has 0 saturated heterocycles. The van der Waals surface area contributed by atoms with Crippen LogP contribution in [-0.4, -0.2) is 53.7 Å². The van der Waals surface area contributed by atoms with Gasteiger partial charge in [-0.15, -0.1) is 0 Å². The number of methoxy groups -OCH3 is 1. The Balaban J connectivity index is 2.61. The molecule has 1 aromatic heterocycles. The maximum Gasteiger partial charge on any atom is 0.435 e. The van der Waals surface area contributed by atoms with Crippen LogP contribution in [0.25, 0.3) is 10.9 Å². The van der Waals surface area contributed by atoms with Gasteiger partial charge in [0.2, 0.25) is 0 Å². The summed E-state index contributed by atoms with van der Waals surface area (Å²) in [6, 6.07) is 4.97. The molecule has 1 aromatic carbocycles. The van der Waals surface area contributed by atoms with Gasteiger partial charge < -0.3 is 9.47 Å². The van der Waals surface area contributed by atoms with Gasteiger partial charge in [-0.3, -0.25) is 9.63 Å². The van der Waals surface area contributed by atoms with Crippen LogP contribution in [0.3, 0.4) is 0 Å². The van der Waals surface area contributed by atoms with E-state index < -0.39 is 17.6 Å². The Labute approximate surface area is 139 Å². The van der Waals surface area contributed by atoms with E-state index in [-0.39, 0.29) is 5.69 Å². The van der Waals surface area contributed by atoms with E-state index in [4.69, 9.17) is 14.3 Å². The molecule has 8 heteroatoms. The highest BCUT2D eigenvalue weighted by Crippen LogP contribution is 2.25. The number of ether oxygens (including phenoxy) is 2. The maximum atomic E-state index is 12.4. The molecule has 0 aliphatic rings. The fourth-order valence-corrected chi connectivity index (χ4v) is 2.06. The molecule has 0 aliphatic carbocycles. The molecule has 0 bridgehead atoms. The van der Waals surface area contributed by atoms with Crippen molar-refractivity contribution in [3.63, 3.8) is 0 Å². The first-order valence-corrected chi connectivity index (χ1v) is 7.30. The summed E-state index contributed by atoms with van der Waals surface area (Å²) in [6.07, 6.45) is -0.670. The smallest absolute Gasteiger partial charge is 0.435 e. The predicted molar refractivity (Wildman–Crippen MR) is 87.0 cm³/mol. The molecule has 24 heavy (non-hydrogen) atoms. The third-order valence-electron chi connectivity index (χ3n) is 3.22. The third-order valence-corrected chi connectivity index (χ3v) is 3.22. The van der Waals surface area contributed by atoms with Gasteiger partial charge in [0, 0.05) is 12.4 Å². The molecule has 0 spiro atoms. The van der Waals surface area contributed by atoms with Crippen molar-refractivity contribution in [1.82, 2.24) is 14.8 Å². The summed E-state index contributed by atoms with van der Waals surface area (Å²) >= 11 is 0. The quantitative estimate of drug-likeness (QED) is 0.801. The molecule has 0 unspecified atom stereocenters. The Morgan fingerprint density at radius 1 is 1.21 bits per heavy atom. The lowest BCUT2D eigenvalue weighted by Gasteiger charge is -2.19. The molecule has 0 radical (unpaired) electrons. The van der Waals surface area contributed by atoms with Gasteiger partial charge in [-0.05, 0) is 39.0 Å². The van der Waals surface area contributed by atoms with Crippen molar-refractivity contribution in [3.05, 3.63) is 23.9 Å². The number of hydroxylamine groups is 2. The number of rotatable bonds is 3. The molecule has 0 saturated carbocycles. The highest BCUT2D eigenvalue weighted by Gasteiger charge is 2.26. The number of carbonyl (C=O) groups excluding carboxylic acids is 2. The van der Waals surface area contributed by atoms with Crippen molar-refractivity contribution in [3.8, 4) is 5.75 Å². The van der Waals surface area contributed by atoms with E-state index >= 15 is 0 Å². The lowest BCUT2D eigenvalue weighted by Crippen LogP contribution is -2.29. The first kappa shape index (κ1) is 17.7. The molecule has 0 aliphatic heterocycles. The number of aromatic nitrogens is 2. The van der Waals surface area contributed by atoms with Gasteiger partial charge in [0.1, 0.15) is 11.4 Å². The third kappa shape index (κ3) is 3.48. The Hall–Kier alpha value is -2.61. The number of benzene rings is 1. The molecule has 0 atom stereocenters. The zero-order valence-corrected chi connectivity index (χ0v) is 14.6. The Morgan fingerprint density at radius 2 is 1.88 bits per heavy atom. The number of hydrogen-bond acceptors (Lipinski definition) is 6. The van der Waals surface area contributed by atoms with Gasteiger partial charge >= 0.3 is 6.09 Å². The zero-order valence-electron chi connectivity index (χ0n) is 14.6. The minimum absolute atomic E-state index is 0.0686. The van der Waals surface area contributed by atoms with Gasteiger partial charge in [-0.1, -0.05) is 0 Å². The van der Waals surface area contributed by atoms with Crippen LogP contribution in [0.1, 0.15) is 31.3 Å². The van der Waals surface area contributed by atoms with Crippen LogP contribution in [0, 0.1) is 0 Å². The largest absolute Gasteiger partial charge is 0.497 e. The Morgan fingerprint density at radius 3 is 2.42 bits per heavy atom. The summed E-state index contributed by atoms with van der Waals surface area (Å²) in [5.74, 6) is 0.0541. The highest BCUT2D eigenvalue weighted by atomic mass is 16.7. The SMILES string of the molecule is COc1ccc2c(c1)c(C(=O)N(C)OC)nn2C(=O)OC(C)(C)C. The van der Waals surface area contributed by atoms with Gasteiger partial charge in [0.15, 0.2) is 5.69 Å². The normalized spacial score (nSPS) is 11.4. The molecule has 130 valence electrons. The minimum Gasteiger partial charge on any atom is -0.497 e. The molecular weight excluding hydrogens is 314 g/mol. The van der Waals surface area contributed by atoms with Crippen LogP contribution < -0.4 is 4.74 Å². The second-order valence-corrected chi connectivity index (χ2v) is 6.11. The van der Waals surface area contributed by atoms with E-state index in [1.165, 1.54) is 21.3 Å². The van der Waals surface area contributed by atoms with Crippen molar-refractivity contribution < 1.29 is 23.9 Å². The second kappa shape index (κ2) is 6.48. The van der Waals surface area contributed by atoms with E-state index in [1.54, 1.807) is 39.0 Å². The summed E-state index contributed by atoms with van der Waals surface area (Å²) < 4.78 is 11.6. The summed E-state index contributed by atoms with van der Waals surface area (Å²) in [5.41, 5.74) is -0.174. The summed E-state index contributed by atoms with van der Waals surface area (Å²) in [4.78, 5) is 29.7. The van der Waals surface area contributed by atoms with Crippen molar-refractivity contribution >= 4 is 22.9 Å². The van der Waals surface area contributed by atoms with Crippen LogP contribution in [-0.2, 0) is 9.57 Å². The molecule has 1 heterocycles. The number of hydrogen-bond donors (Lipinski definition) is 0. The Kier molecular flexibility index (Phi) is 4.79. The summed E-state index contributed by atoms with van der Waals surface area (Å²) in [6.45, 7) is 5.26. The first-order chi connectivity index (χ1) is 11.2. The average molecular weight is 335 g/mol. The topological polar surface area (TPSA) is 82.9 Å². The van der Waals surface area contributed by atoms with E-state index in [0.717, 1.165) is 9.75 Å². The van der Waals surface area contributed by atoms with Crippen LogP contribution in [0.4, 0.5) is 4.79 Å². The van der Waals surface area contributed by atoms with Gasteiger partial charge in [0.05, 0.1) is 19.7 Å². The fraction of sp³-hybridized carbons (Fsp3) is 0.438. The van der Waals surface area contributed by atoms with Crippen molar-refractivity contribution in [2.45, 2.75) is 26.4 Å². The van der Waals surface area contributed by atoms with E-state index in [0.29, 0.717) is 16.7 Å². The standard InChI is InChI=1S/C16H21N3O5/c1-16(2,3)24-15(21)19-12-8-7-10(22-5)9-11(12)13(17-19)14(20)18(4)23-6/h7-9H,1-6H3. The second-order valence-electron chi connectivity index (χ2n) is 6.11. The lowest BCUT2D eigenvalue weighted by atomic mass is 10.2. The number of fused-ring (bicyclic) bond motifs is 1. The average Bonchev–Trinajstić information content (AvgIpc) is 2.90. The molecular formula is C16H21N3O5. The van der Waals surface area contributed by atoms with Crippen LogP contribution in [0.5, 0.6) is 5.75 Å². The van der Waals surface area contributed by atoms with Crippen molar-refractivity contribution in [1.29, 1.82) is 0 Å². The zero-order chi connectivity index (χ0) is 18.1. The van der Waals surface area contributed by atoms with Crippen LogP contribution in [0.2, 0.25) is 0 Å². The minimum atomic E-state index is -0.685. The summed E-state index contributed by atoms with van der Waals surface area (Å²) in [7, 11) is 4.34. The van der Waals surface area contributed by atoms with Crippen molar-refractivity contribution in [2.24, 2.45) is 0 Å². The van der Waals surface area contributed by atoms with Gasteiger partial charge in [-0.25, -0.2) is 9.86 Å². The Bertz CT molecular complexity index is 776. The number of carbonyl (C=O) groups is 2. The van der Waals surface area contributed by atoms with E-state index in [9.17, 15) is 9.59 Å². The first-order valence-electron chi connectivity index (χ1n) is 7.30. The van der Waals surface area contributed by atoms with Crippen molar-refractivity contribution in [2.75, 3.05) is 21.3 Å². The molecule has 2 rings (SSSR count). The molecule has 2 aromatic rings. The van der Waals surface area contributed by atoms with E-state index in [1.807, 2.05) is 0 Å². The number of amides is 1. The molecule has 0 N–H and O–H groups in total. The predicted octanol–water partition coefficient (Wildman–Crippen LogP) is 2.46. The van der Waals surface area contributed by atoms with Crippen LogP contribution >= 0.6 is 0 Å². The van der Waals surface area contributed by atoms with Gasteiger partial charge in [0.25, 0.3) is 5.91 Å². The molecule has 8 nitrogen and oxygen atoms in total. The van der Waals surface area contributed by atoms with Crippen LogP contribution in [0.15, 0.2) is 18.2 Å². The van der Waals surface area contributed by atoms with E-state index in [2.05, 4.69) is 5.10 Å². The molecule has 0 fully saturated rings. The highest BCUT2D eigenvalue weighted by molar-refractivity contribution is 6.06. The summed E-state index contributed by atoms with van der Waals surface area (Å²) in [5, 5.41) is 5.63.